The third-order valence-corrected chi connectivity index (χ3v) is 3.26. The first-order valence-electron chi connectivity index (χ1n) is 6.32. The second-order valence-corrected chi connectivity index (χ2v) is 5.30. The minimum atomic E-state index is 0. The summed E-state index contributed by atoms with van der Waals surface area (Å²) >= 11 is 0. The maximum absolute atomic E-state index is 11.9. The molecule has 0 saturated carbocycles. The average molecular weight is 235 g/mol. The fourth-order valence-corrected chi connectivity index (χ4v) is 1.51. The van der Waals surface area contributed by atoms with Crippen LogP contribution in [0.5, 0.6) is 0 Å². The van der Waals surface area contributed by atoms with Crippen LogP contribution in [-0.2, 0) is 4.79 Å². The van der Waals surface area contributed by atoms with Crippen LogP contribution in [0.15, 0.2) is 24.3 Å². The summed E-state index contributed by atoms with van der Waals surface area (Å²) in [5.41, 5.74) is 2.17. The lowest BCUT2D eigenvalue weighted by Gasteiger charge is -2.15. The summed E-state index contributed by atoms with van der Waals surface area (Å²) in [6.45, 7) is 10.4. The summed E-state index contributed by atoms with van der Waals surface area (Å²) < 4.78 is 0. The van der Waals surface area contributed by atoms with Gasteiger partial charge in [-0.25, -0.2) is 0 Å². The molecule has 1 aromatic rings. The molecule has 1 unspecified atom stereocenters. The van der Waals surface area contributed by atoms with Gasteiger partial charge in [0.05, 0.1) is 0 Å². The number of benzene rings is 1. The Hall–Kier alpha value is -1.31. The summed E-state index contributed by atoms with van der Waals surface area (Å²) in [5, 5.41) is 2.95. The van der Waals surface area contributed by atoms with Crippen LogP contribution < -0.4 is 5.32 Å². The van der Waals surface area contributed by atoms with Crippen LogP contribution in [0.3, 0.4) is 0 Å². The zero-order chi connectivity index (χ0) is 13.0. The zero-order valence-electron chi connectivity index (χ0n) is 11.4. The van der Waals surface area contributed by atoms with E-state index in [1.165, 1.54) is 5.56 Å². The lowest BCUT2D eigenvalue weighted by molar-refractivity contribution is -0.120. The molecule has 1 N–H and O–H groups in total. The molecule has 17 heavy (non-hydrogen) atoms. The van der Waals surface area contributed by atoms with Crippen LogP contribution in [0.25, 0.3) is 0 Å². The molecule has 1 amide bonds. The van der Waals surface area contributed by atoms with Crippen molar-refractivity contribution in [3.05, 3.63) is 29.8 Å². The summed E-state index contributed by atoms with van der Waals surface area (Å²) in [7, 11) is 0. The predicted molar refractivity (Wildman–Crippen MR) is 75.3 cm³/mol. The number of nitrogens with one attached hydrogen (secondary N) is 1. The van der Waals surface area contributed by atoms with Crippen molar-refractivity contribution in [2.45, 2.75) is 40.5 Å². The van der Waals surface area contributed by atoms with Crippen LogP contribution >= 0.6 is 0 Å². The van der Waals surface area contributed by atoms with Crippen molar-refractivity contribution in [1.82, 2.24) is 0 Å². The largest absolute Gasteiger partial charge is 0.326 e. The van der Waals surface area contributed by atoms with E-state index in [2.05, 4.69) is 45.1 Å². The summed E-state index contributed by atoms with van der Waals surface area (Å²) in [5.74, 6) is 1.02. The van der Waals surface area contributed by atoms with Crippen molar-refractivity contribution in [1.29, 1.82) is 0 Å². The predicted octanol–water partition coefficient (Wildman–Crippen LogP) is 4.29. The van der Waals surface area contributed by atoms with Crippen molar-refractivity contribution in [3.8, 4) is 0 Å². The highest BCUT2D eigenvalue weighted by Gasteiger charge is 2.16. The Labute approximate surface area is 106 Å². The molecule has 2 heteroatoms. The monoisotopic (exact) mass is 235 g/mol. The number of carbonyl (C=O) groups excluding carboxylic acids is 1. The van der Waals surface area contributed by atoms with E-state index in [0.29, 0.717) is 11.8 Å². The molecule has 96 valence electrons. The molecule has 1 aromatic carbocycles. The van der Waals surface area contributed by atoms with Crippen molar-refractivity contribution >= 4 is 11.6 Å². The number of carbonyl (C=O) groups is 1. The first-order chi connectivity index (χ1) is 7.91. The van der Waals surface area contributed by atoms with Gasteiger partial charge in [0.1, 0.15) is 0 Å². The normalized spacial score (nSPS) is 12.9. The minimum absolute atomic E-state index is 0. The molecule has 0 aromatic heterocycles. The quantitative estimate of drug-likeness (QED) is 0.829. The summed E-state index contributed by atoms with van der Waals surface area (Å²) in [4.78, 5) is 11.9. The van der Waals surface area contributed by atoms with E-state index in [1.54, 1.807) is 0 Å². The Morgan fingerprint density at radius 3 is 2.00 bits per heavy atom. The second kappa shape index (κ2) is 5.85. The lowest BCUT2D eigenvalue weighted by atomic mass is 9.97. The van der Waals surface area contributed by atoms with Gasteiger partial charge in [-0.3, -0.25) is 4.79 Å². The zero-order valence-corrected chi connectivity index (χ0v) is 11.4. The van der Waals surface area contributed by atoms with Crippen molar-refractivity contribution < 1.29 is 6.22 Å². The number of amides is 1. The first-order valence-corrected chi connectivity index (χ1v) is 6.32. The van der Waals surface area contributed by atoms with Crippen LogP contribution in [0, 0.1) is 11.8 Å². The number of hydrogen-bond donors (Lipinski definition) is 1. The number of anilines is 1. The van der Waals surface area contributed by atoms with Crippen molar-refractivity contribution in [2.75, 3.05) is 5.32 Å². The van der Waals surface area contributed by atoms with E-state index in [4.69, 9.17) is 0 Å². The Morgan fingerprint density at radius 2 is 1.59 bits per heavy atom. The van der Waals surface area contributed by atoms with Crippen LogP contribution in [0.4, 0.5) is 5.69 Å². The topological polar surface area (TPSA) is 29.1 Å². The van der Waals surface area contributed by atoms with Gasteiger partial charge >= 0.3 is 0 Å². The van der Waals surface area contributed by atoms with Gasteiger partial charge in [-0.15, -0.1) is 0 Å². The maximum Gasteiger partial charge on any atom is 0.227 e. The smallest absolute Gasteiger partial charge is 0.227 e. The van der Waals surface area contributed by atoms with Crippen LogP contribution in [0.1, 0.15) is 47.5 Å². The van der Waals surface area contributed by atoms with Gasteiger partial charge < -0.3 is 5.32 Å². The van der Waals surface area contributed by atoms with Crippen LogP contribution in [-0.4, -0.2) is 5.91 Å². The molecule has 1 atom stereocenters. The SMILES string of the molecule is CC(C)c1ccc(NC(=O)C(C)C(C)C)cc1.[HH]. The molecule has 0 saturated heterocycles. The summed E-state index contributed by atoms with van der Waals surface area (Å²) in [6.07, 6.45) is 0. The van der Waals surface area contributed by atoms with Gasteiger partial charge in [-0.1, -0.05) is 46.8 Å². The molecule has 0 aliphatic heterocycles. The molecule has 1 rings (SSSR count). The van der Waals surface area contributed by atoms with E-state index in [9.17, 15) is 4.79 Å². The van der Waals surface area contributed by atoms with Crippen molar-refractivity contribution in [3.63, 3.8) is 0 Å². The molecule has 0 aliphatic carbocycles. The maximum atomic E-state index is 11.9. The molecule has 0 fully saturated rings. The average Bonchev–Trinajstić information content (AvgIpc) is 2.28. The Bertz CT molecular complexity index is 371. The third kappa shape index (κ3) is 3.88. The van der Waals surface area contributed by atoms with Gasteiger partial charge in [0.15, 0.2) is 0 Å². The highest BCUT2D eigenvalue weighted by Crippen LogP contribution is 2.18. The van der Waals surface area contributed by atoms with Gasteiger partial charge in [0.2, 0.25) is 5.91 Å². The second-order valence-electron chi connectivity index (χ2n) is 5.30. The van der Waals surface area contributed by atoms with E-state index in [-0.39, 0.29) is 13.3 Å². The summed E-state index contributed by atoms with van der Waals surface area (Å²) in [6, 6.07) is 8.08. The minimum Gasteiger partial charge on any atom is -0.326 e. The van der Waals surface area contributed by atoms with Crippen LogP contribution in [0.2, 0.25) is 0 Å². The number of hydrogen-bond acceptors (Lipinski definition) is 1. The molecule has 0 bridgehead atoms. The van der Waals surface area contributed by atoms with E-state index in [0.717, 1.165) is 5.69 Å². The highest BCUT2D eigenvalue weighted by atomic mass is 16.1. The van der Waals surface area contributed by atoms with Crippen molar-refractivity contribution in [2.24, 2.45) is 11.8 Å². The first kappa shape index (κ1) is 13.8. The van der Waals surface area contributed by atoms with Gasteiger partial charge in [-0.2, -0.15) is 0 Å². The third-order valence-electron chi connectivity index (χ3n) is 3.26. The van der Waals surface area contributed by atoms with Gasteiger partial charge in [0.25, 0.3) is 0 Å². The highest BCUT2D eigenvalue weighted by molar-refractivity contribution is 5.92. The Balaban J connectivity index is 0.00000289. The van der Waals surface area contributed by atoms with E-state index >= 15 is 0 Å². The molecule has 0 heterocycles. The molecule has 0 radical (unpaired) electrons. The van der Waals surface area contributed by atoms with E-state index < -0.39 is 0 Å². The Kier molecular flexibility index (Phi) is 4.73. The van der Waals surface area contributed by atoms with Gasteiger partial charge in [-0.05, 0) is 29.5 Å². The fourth-order valence-electron chi connectivity index (χ4n) is 1.51. The fraction of sp³-hybridized carbons (Fsp3) is 0.533. The lowest BCUT2D eigenvalue weighted by Crippen LogP contribution is -2.24. The van der Waals surface area contributed by atoms with E-state index in [1.807, 2.05) is 19.1 Å². The molecular weight excluding hydrogens is 210 g/mol. The molecule has 2 nitrogen and oxygen atoms in total. The standard InChI is InChI=1S/C15H23NO.H2/c1-10(2)12(5)15(17)16-14-8-6-13(7-9-14)11(3)4;/h6-12H,1-5H3,(H,16,17);1H. The number of rotatable bonds is 4. The van der Waals surface area contributed by atoms with Gasteiger partial charge in [0, 0.05) is 13.0 Å². The molecular formula is C15H25NO. The molecule has 0 aliphatic rings. The Morgan fingerprint density at radius 1 is 1.06 bits per heavy atom. The molecule has 0 spiro atoms.